The zero-order valence-corrected chi connectivity index (χ0v) is 30.6. The first kappa shape index (κ1) is 46.2. The molecule has 3 fully saturated rings. The summed E-state index contributed by atoms with van der Waals surface area (Å²) >= 11 is 0. The number of carbonyl (C=O) groups is 3. The summed E-state index contributed by atoms with van der Waals surface area (Å²) in [5, 5.41) is 111. The predicted molar refractivity (Wildman–Crippen MR) is 179 cm³/mol. The van der Waals surface area contributed by atoms with Gasteiger partial charge in [0, 0.05) is 26.9 Å². The topological polar surface area (TPSA) is 333 Å². The summed E-state index contributed by atoms with van der Waals surface area (Å²) in [5.41, 5.74) is 0. The fraction of sp³-hybridized carbons (Fsp3) is 0.909. The number of carboxylic acid groups (broad SMARTS) is 1. The second-order valence-electron chi connectivity index (χ2n) is 13.8. The van der Waals surface area contributed by atoms with E-state index in [1.807, 2.05) is 0 Å². The molecule has 12 N–H and O–H groups in total. The van der Waals surface area contributed by atoms with Crippen LogP contribution in [-0.2, 0) is 42.8 Å². The lowest BCUT2D eigenvalue weighted by atomic mass is 9.88. The molecule has 0 radical (unpaired) electrons. The molecule has 3 aliphatic heterocycles. The van der Waals surface area contributed by atoms with Crippen molar-refractivity contribution in [1.82, 2.24) is 10.6 Å². The van der Waals surface area contributed by atoms with E-state index in [0.717, 1.165) is 39.0 Å². The average molecular weight is 787 g/mol. The van der Waals surface area contributed by atoms with Gasteiger partial charge in [0.25, 0.3) is 5.79 Å². The fourth-order valence-electron chi connectivity index (χ4n) is 6.78. The SMILES string of the molecule is CCCCCCCCO[C@@H]1O[C@H](CO)[C@@H](O[C@@H]2O[C@H](CO)[C@H](O)[C@H](O[C@]3(C(=O)O)C[C@H](O)[C@@H](NC(C)=O)[C@H]([C@H](O)[C@H](O)CO)O3)[C@H]2O)[C@H](O)[C@H]1NC(C)=O. The Morgan fingerprint density at radius 1 is 0.796 bits per heavy atom. The Morgan fingerprint density at radius 3 is 1.96 bits per heavy atom. The molecule has 21 nitrogen and oxygen atoms in total. The van der Waals surface area contributed by atoms with E-state index >= 15 is 0 Å². The number of ether oxygens (including phenoxy) is 6. The maximum Gasteiger partial charge on any atom is 0.364 e. The number of hydrogen-bond donors (Lipinski definition) is 12. The van der Waals surface area contributed by atoms with Gasteiger partial charge >= 0.3 is 5.97 Å². The summed E-state index contributed by atoms with van der Waals surface area (Å²) < 4.78 is 34.5. The van der Waals surface area contributed by atoms with Crippen LogP contribution in [0.5, 0.6) is 0 Å². The van der Waals surface area contributed by atoms with Crippen molar-refractivity contribution in [1.29, 1.82) is 0 Å². The quantitative estimate of drug-likeness (QED) is 0.0516. The number of aliphatic hydroxyl groups is 9. The third kappa shape index (κ3) is 11.4. The summed E-state index contributed by atoms with van der Waals surface area (Å²) in [5.74, 6) is -6.30. The number of hydrogen-bond acceptors (Lipinski definition) is 18. The van der Waals surface area contributed by atoms with Gasteiger partial charge in [0.1, 0.15) is 67.1 Å². The van der Waals surface area contributed by atoms with E-state index in [0.29, 0.717) is 6.42 Å². The molecule has 54 heavy (non-hydrogen) atoms. The highest BCUT2D eigenvalue weighted by molar-refractivity contribution is 5.76. The van der Waals surface area contributed by atoms with Crippen molar-refractivity contribution in [2.45, 2.75) is 163 Å². The molecule has 3 heterocycles. The number of aliphatic hydroxyl groups excluding tert-OH is 9. The molecular weight excluding hydrogens is 728 g/mol. The Kier molecular flexibility index (Phi) is 18.3. The van der Waals surface area contributed by atoms with Crippen molar-refractivity contribution in [3.8, 4) is 0 Å². The smallest absolute Gasteiger partial charge is 0.364 e. The maximum atomic E-state index is 12.8. The average Bonchev–Trinajstić information content (AvgIpc) is 3.12. The number of nitrogens with one attached hydrogen (secondary N) is 2. The molecule has 2 amide bonds. The molecule has 0 unspecified atom stereocenters. The number of carbonyl (C=O) groups excluding carboxylic acids is 2. The van der Waals surface area contributed by atoms with Crippen LogP contribution in [0.1, 0.15) is 65.7 Å². The summed E-state index contributed by atoms with van der Waals surface area (Å²) in [4.78, 5) is 36.8. The van der Waals surface area contributed by atoms with Crippen LogP contribution in [0.3, 0.4) is 0 Å². The standard InChI is InChI=1S/C33H58N2O19/c1-4-5-6-7-8-9-10-49-30-22(35-16(3)40)25(45)27(20(14-38)51-30)52-31-26(46)29(24(44)19(13-37)50-31)54-33(32(47)48)11-17(41)21(34-15(2)39)28(53-33)23(43)18(42)12-36/h17-31,36-38,41-46H,4-14H2,1-3H3,(H,34,39)(H,35,40)(H,47,48)/t17-,18+,19+,20+,21+,22+,23+,24-,25+,26+,27+,28+,29-,30+,31-,33-/m0/s1. The highest BCUT2D eigenvalue weighted by Gasteiger charge is 2.60. The van der Waals surface area contributed by atoms with E-state index in [-0.39, 0.29) is 6.61 Å². The predicted octanol–water partition coefficient (Wildman–Crippen LogP) is -4.69. The third-order valence-corrected chi connectivity index (χ3v) is 9.63. The van der Waals surface area contributed by atoms with Crippen molar-refractivity contribution in [3.63, 3.8) is 0 Å². The monoisotopic (exact) mass is 786 g/mol. The van der Waals surface area contributed by atoms with E-state index in [1.165, 1.54) is 6.92 Å². The van der Waals surface area contributed by atoms with Gasteiger partial charge in [0.2, 0.25) is 11.8 Å². The first-order chi connectivity index (χ1) is 25.5. The number of rotatable bonds is 20. The first-order valence-electron chi connectivity index (χ1n) is 18.2. The lowest BCUT2D eigenvalue weighted by molar-refractivity contribution is -0.382. The highest BCUT2D eigenvalue weighted by atomic mass is 16.8. The number of amides is 2. The second kappa shape index (κ2) is 21.4. The van der Waals surface area contributed by atoms with Crippen molar-refractivity contribution in [2.75, 3.05) is 26.4 Å². The summed E-state index contributed by atoms with van der Waals surface area (Å²) in [6, 6.07) is -2.80. The van der Waals surface area contributed by atoms with E-state index in [2.05, 4.69) is 17.6 Å². The van der Waals surface area contributed by atoms with Crippen molar-refractivity contribution < 1.29 is 93.9 Å². The van der Waals surface area contributed by atoms with Gasteiger partial charge in [0.15, 0.2) is 12.6 Å². The van der Waals surface area contributed by atoms with E-state index < -0.39 is 142 Å². The molecule has 0 aromatic carbocycles. The molecule has 0 aromatic heterocycles. The van der Waals surface area contributed by atoms with Crippen molar-refractivity contribution >= 4 is 17.8 Å². The Balaban J connectivity index is 1.87. The lowest BCUT2D eigenvalue weighted by Gasteiger charge is -2.51. The van der Waals surface area contributed by atoms with Crippen molar-refractivity contribution in [2.24, 2.45) is 0 Å². The van der Waals surface area contributed by atoms with Gasteiger partial charge in [-0.15, -0.1) is 0 Å². The molecule has 0 aliphatic carbocycles. The maximum absolute atomic E-state index is 12.8. The minimum Gasteiger partial charge on any atom is -0.477 e. The van der Waals surface area contributed by atoms with Crippen LogP contribution in [0.2, 0.25) is 0 Å². The number of aliphatic carboxylic acids is 1. The van der Waals surface area contributed by atoms with Gasteiger partial charge in [-0.1, -0.05) is 39.0 Å². The summed E-state index contributed by atoms with van der Waals surface area (Å²) in [6.45, 7) is 1.77. The molecule has 3 rings (SSSR count). The zero-order valence-electron chi connectivity index (χ0n) is 30.6. The van der Waals surface area contributed by atoms with Crippen LogP contribution in [0.15, 0.2) is 0 Å². The first-order valence-corrected chi connectivity index (χ1v) is 18.2. The number of carboxylic acids is 1. The molecule has 3 aliphatic rings. The molecule has 16 atom stereocenters. The van der Waals surface area contributed by atoms with Crippen LogP contribution in [0.4, 0.5) is 0 Å². The van der Waals surface area contributed by atoms with Crippen LogP contribution < -0.4 is 10.6 Å². The van der Waals surface area contributed by atoms with Gasteiger partial charge in [-0.2, -0.15) is 0 Å². The van der Waals surface area contributed by atoms with E-state index in [4.69, 9.17) is 28.4 Å². The Morgan fingerprint density at radius 2 is 1.39 bits per heavy atom. The Labute approximate surface area is 312 Å². The number of unbranched alkanes of at least 4 members (excludes halogenated alkanes) is 5. The van der Waals surface area contributed by atoms with Crippen LogP contribution in [0, 0.1) is 0 Å². The Bertz CT molecular complexity index is 1190. The summed E-state index contributed by atoms with van der Waals surface area (Å²) in [6.07, 6.45) is -18.9. The molecule has 3 saturated heterocycles. The molecular formula is C33H58N2O19. The summed E-state index contributed by atoms with van der Waals surface area (Å²) in [7, 11) is 0. The van der Waals surface area contributed by atoms with Crippen molar-refractivity contribution in [3.05, 3.63) is 0 Å². The molecule has 314 valence electrons. The fourth-order valence-corrected chi connectivity index (χ4v) is 6.78. The minimum absolute atomic E-state index is 0.202. The van der Waals surface area contributed by atoms with Gasteiger partial charge in [0.05, 0.1) is 32.0 Å². The minimum atomic E-state index is -3.03. The zero-order chi connectivity index (χ0) is 40.3. The van der Waals surface area contributed by atoms with Crippen LogP contribution in [0.25, 0.3) is 0 Å². The van der Waals surface area contributed by atoms with Crippen LogP contribution >= 0.6 is 0 Å². The Hall–Kier alpha value is -2.19. The van der Waals surface area contributed by atoms with E-state index in [9.17, 15) is 65.4 Å². The normalized spacial score (nSPS) is 38.3. The third-order valence-electron chi connectivity index (χ3n) is 9.63. The van der Waals surface area contributed by atoms with Gasteiger partial charge in [-0.05, 0) is 6.42 Å². The molecule has 0 saturated carbocycles. The molecule has 21 heteroatoms. The van der Waals surface area contributed by atoms with Gasteiger partial charge in [-0.25, -0.2) is 4.79 Å². The molecule has 0 spiro atoms. The largest absolute Gasteiger partial charge is 0.477 e. The molecule has 0 bridgehead atoms. The van der Waals surface area contributed by atoms with Crippen LogP contribution in [-0.4, -0.2) is 193 Å². The van der Waals surface area contributed by atoms with Gasteiger partial charge < -0.3 is 90.1 Å². The lowest BCUT2D eigenvalue weighted by Crippen LogP contribution is -2.71. The van der Waals surface area contributed by atoms with E-state index in [1.54, 1.807) is 0 Å². The molecule has 0 aromatic rings. The second-order valence-corrected chi connectivity index (χ2v) is 13.8. The highest BCUT2D eigenvalue weighted by Crippen LogP contribution is 2.38. The van der Waals surface area contributed by atoms with Gasteiger partial charge in [-0.3, -0.25) is 9.59 Å².